The molecule has 0 radical (unpaired) electrons. The number of benzene rings is 1. The number of carbonyl (C=O) groups is 1. The van der Waals surface area contributed by atoms with E-state index in [9.17, 15) is 4.79 Å². The molecule has 1 N–H and O–H groups in total. The molecule has 1 amide bonds. The van der Waals surface area contributed by atoms with E-state index in [2.05, 4.69) is 27.3 Å². The number of hydrogen-bond donors (Lipinski definition) is 1. The molecule has 0 aromatic heterocycles. The Labute approximate surface area is 157 Å². The minimum atomic E-state index is -0.450. The van der Waals surface area contributed by atoms with Crippen LogP contribution in [0.25, 0.3) is 0 Å². The molecule has 0 unspecified atom stereocenters. The van der Waals surface area contributed by atoms with Crippen molar-refractivity contribution in [1.29, 1.82) is 0 Å². The van der Waals surface area contributed by atoms with Gasteiger partial charge in [0.05, 0.1) is 0 Å². The summed E-state index contributed by atoms with van der Waals surface area (Å²) in [4.78, 5) is 13.8. The Morgan fingerprint density at radius 2 is 2.12 bits per heavy atom. The van der Waals surface area contributed by atoms with Crippen LogP contribution in [0.5, 0.6) is 0 Å². The first-order chi connectivity index (χ1) is 11.2. The van der Waals surface area contributed by atoms with E-state index in [-0.39, 0.29) is 6.09 Å². The third-order valence-electron chi connectivity index (χ3n) is 3.64. The largest absolute Gasteiger partial charge is 0.444 e. The van der Waals surface area contributed by atoms with E-state index in [0.717, 1.165) is 29.0 Å². The lowest BCUT2D eigenvalue weighted by molar-refractivity contribution is 0.0265. The number of nitrogens with one attached hydrogen (secondary N) is 1. The predicted molar refractivity (Wildman–Crippen MR) is 101 cm³/mol. The van der Waals surface area contributed by atoms with E-state index in [1.54, 1.807) is 4.90 Å². The summed E-state index contributed by atoms with van der Waals surface area (Å²) in [5, 5.41) is 4.16. The van der Waals surface area contributed by atoms with Crippen LogP contribution < -0.4 is 5.32 Å². The highest BCUT2D eigenvalue weighted by Crippen LogP contribution is 2.21. The van der Waals surface area contributed by atoms with Crippen LogP contribution >= 0.6 is 27.5 Å². The average molecular weight is 416 g/mol. The molecule has 1 aliphatic rings. The number of carbonyl (C=O) groups excluding carboxylic acids is 1. The second kappa shape index (κ2) is 8.37. The third-order valence-corrected chi connectivity index (χ3v) is 4.61. The molecule has 2 rings (SSSR count). The van der Waals surface area contributed by atoms with Gasteiger partial charge < -0.3 is 15.0 Å². The van der Waals surface area contributed by atoms with Crippen LogP contribution in [0.4, 0.5) is 4.79 Å². The van der Waals surface area contributed by atoms with Gasteiger partial charge in [0.1, 0.15) is 5.60 Å². The molecule has 0 atom stereocenters. The first-order valence-electron chi connectivity index (χ1n) is 8.05. The Bertz CT molecular complexity index is 626. The Balaban J connectivity index is 1.78. The van der Waals surface area contributed by atoms with Gasteiger partial charge in [-0.05, 0) is 44.9 Å². The summed E-state index contributed by atoms with van der Waals surface area (Å²) >= 11 is 9.47. The first-order valence-corrected chi connectivity index (χ1v) is 9.22. The van der Waals surface area contributed by atoms with Gasteiger partial charge in [0.2, 0.25) is 0 Å². The summed E-state index contributed by atoms with van der Waals surface area (Å²) in [7, 11) is 0. The van der Waals surface area contributed by atoms with Gasteiger partial charge >= 0.3 is 6.09 Å². The molecule has 1 aromatic rings. The van der Waals surface area contributed by atoms with Crippen molar-refractivity contribution >= 4 is 33.6 Å². The summed E-state index contributed by atoms with van der Waals surface area (Å²) in [5.41, 5.74) is 2.04. The number of halogens is 2. The fourth-order valence-electron chi connectivity index (χ4n) is 2.39. The van der Waals surface area contributed by atoms with Crippen molar-refractivity contribution in [3.05, 3.63) is 44.9 Å². The Kier molecular flexibility index (Phi) is 6.72. The molecule has 1 aromatic carbocycles. The fraction of sp³-hybridized carbons (Fsp3) is 0.500. The standard InChI is InChI=1S/C18H24BrClN2O2/c1-18(2,3)24-17(23)22-8-6-13(7-9-22)11-21-12-14-4-5-15(20)10-16(14)19/h4-6,10,21H,7-9,11-12H2,1-3H3. The Hall–Kier alpha value is -1.04. The van der Waals surface area contributed by atoms with Crippen LogP contribution in [0.1, 0.15) is 32.8 Å². The normalized spacial score (nSPS) is 15.2. The molecular formula is C18H24BrClN2O2. The van der Waals surface area contributed by atoms with E-state index < -0.39 is 5.60 Å². The maximum atomic E-state index is 12.0. The van der Waals surface area contributed by atoms with Gasteiger partial charge in [0, 0.05) is 35.7 Å². The zero-order valence-corrected chi connectivity index (χ0v) is 16.7. The van der Waals surface area contributed by atoms with Crippen LogP contribution in [0, 0.1) is 0 Å². The Morgan fingerprint density at radius 1 is 1.38 bits per heavy atom. The maximum absolute atomic E-state index is 12.0. The summed E-state index contributed by atoms with van der Waals surface area (Å²) in [5.74, 6) is 0. The second-order valence-corrected chi connectivity index (χ2v) is 8.17. The topological polar surface area (TPSA) is 41.6 Å². The van der Waals surface area contributed by atoms with Crippen LogP contribution in [-0.2, 0) is 11.3 Å². The van der Waals surface area contributed by atoms with E-state index in [1.165, 1.54) is 11.1 Å². The SMILES string of the molecule is CC(C)(C)OC(=O)N1CC=C(CNCc2ccc(Cl)cc2Br)CC1. The van der Waals surface area contributed by atoms with E-state index >= 15 is 0 Å². The predicted octanol–water partition coefficient (Wildman–Crippen LogP) is 4.76. The minimum absolute atomic E-state index is 0.240. The Morgan fingerprint density at radius 3 is 2.71 bits per heavy atom. The molecule has 0 aliphatic carbocycles. The van der Waals surface area contributed by atoms with Crippen molar-refractivity contribution in [2.24, 2.45) is 0 Å². The van der Waals surface area contributed by atoms with Gasteiger partial charge in [0.15, 0.2) is 0 Å². The molecule has 132 valence electrons. The number of nitrogens with zero attached hydrogens (tertiary/aromatic N) is 1. The molecule has 0 saturated heterocycles. The third kappa shape index (κ3) is 6.11. The lowest BCUT2D eigenvalue weighted by Gasteiger charge is -2.29. The average Bonchev–Trinajstić information content (AvgIpc) is 2.48. The quantitative estimate of drug-likeness (QED) is 0.721. The van der Waals surface area contributed by atoms with Gasteiger partial charge in [-0.3, -0.25) is 0 Å². The molecule has 24 heavy (non-hydrogen) atoms. The van der Waals surface area contributed by atoms with Crippen LogP contribution in [-0.4, -0.2) is 36.2 Å². The lowest BCUT2D eigenvalue weighted by atomic mass is 10.1. The van der Waals surface area contributed by atoms with Crippen molar-refractivity contribution in [2.75, 3.05) is 19.6 Å². The fourth-order valence-corrected chi connectivity index (χ4v) is 3.21. The number of hydrogen-bond acceptors (Lipinski definition) is 3. The highest BCUT2D eigenvalue weighted by atomic mass is 79.9. The molecule has 0 saturated carbocycles. The highest BCUT2D eigenvalue weighted by Gasteiger charge is 2.23. The molecule has 1 heterocycles. The van der Waals surface area contributed by atoms with Crippen LogP contribution in [0.3, 0.4) is 0 Å². The molecule has 0 bridgehead atoms. The number of amides is 1. The zero-order chi connectivity index (χ0) is 17.7. The minimum Gasteiger partial charge on any atom is -0.444 e. The van der Waals surface area contributed by atoms with E-state index in [4.69, 9.17) is 16.3 Å². The number of ether oxygens (including phenoxy) is 1. The van der Waals surface area contributed by atoms with Crippen molar-refractivity contribution in [2.45, 2.75) is 39.3 Å². The summed E-state index contributed by atoms with van der Waals surface area (Å²) in [6.45, 7) is 8.55. The van der Waals surface area contributed by atoms with Crippen molar-refractivity contribution in [3.63, 3.8) is 0 Å². The van der Waals surface area contributed by atoms with E-state index in [1.807, 2.05) is 39.0 Å². The van der Waals surface area contributed by atoms with Crippen molar-refractivity contribution < 1.29 is 9.53 Å². The van der Waals surface area contributed by atoms with Crippen molar-refractivity contribution in [3.8, 4) is 0 Å². The van der Waals surface area contributed by atoms with Gasteiger partial charge in [-0.15, -0.1) is 0 Å². The number of rotatable bonds is 4. The highest BCUT2D eigenvalue weighted by molar-refractivity contribution is 9.10. The molecular weight excluding hydrogens is 392 g/mol. The van der Waals surface area contributed by atoms with Crippen LogP contribution in [0.2, 0.25) is 5.02 Å². The van der Waals surface area contributed by atoms with Crippen LogP contribution in [0.15, 0.2) is 34.3 Å². The lowest BCUT2D eigenvalue weighted by Crippen LogP contribution is -2.39. The van der Waals surface area contributed by atoms with E-state index in [0.29, 0.717) is 13.1 Å². The summed E-state index contributed by atoms with van der Waals surface area (Å²) in [6, 6.07) is 5.80. The molecule has 1 aliphatic heterocycles. The summed E-state index contributed by atoms with van der Waals surface area (Å²) < 4.78 is 6.41. The summed E-state index contributed by atoms with van der Waals surface area (Å²) in [6.07, 6.45) is 2.74. The monoisotopic (exact) mass is 414 g/mol. The zero-order valence-electron chi connectivity index (χ0n) is 14.4. The second-order valence-electron chi connectivity index (χ2n) is 6.88. The molecule has 6 heteroatoms. The van der Waals surface area contributed by atoms with Gasteiger partial charge in [0.25, 0.3) is 0 Å². The first kappa shape index (κ1) is 19.3. The van der Waals surface area contributed by atoms with Crippen molar-refractivity contribution in [1.82, 2.24) is 10.2 Å². The molecule has 0 fully saturated rings. The van der Waals surface area contributed by atoms with Gasteiger partial charge in [-0.25, -0.2) is 4.79 Å². The van der Waals surface area contributed by atoms with Gasteiger partial charge in [-0.2, -0.15) is 0 Å². The van der Waals surface area contributed by atoms with Gasteiger partial charge in [-0.1, -0.05) is 45.2 Å². The smallest absolute Gasteiger partial charge is 0.410 e. The molecule has 4 nitrogen and oxygen atoms in total. The molecule has 0 spiro atoms. The maximum Gasteiger partial charge on any atom is 0.410 e.